The molecule has 1 aromatic heterocycles. The number of rotatable bonds is 2. The van der Waals surface area contributed by atoms with Gasteiger partial charge in [-0.1, -0.05) is 72.3 Å². The molecule has 0 aliphatic heterocycles. The third-order valence-corrected chi connectivity index (χ3v) is 4.42. The molecule has 0 amide bonds. The highest BCUT2D eigenvalue weighted by molar-refractivity contribution is 6.32. The van der Waals surface area contributed by atoms with Crippen molar-refractivity contribution in [1.29, 1.82) is 0 Å². The number of phenols is 1. The van der Waals surface area contributed by atoms with Crippen LogP contribution in [0.15, 0.2) is 79.0 Å². The van der Waals surface area contributed by atoms with Crippen LogP contribution in [-0.2, 0) is 0 Å². The van der Waals surface area contributed by atoms with Crippen LogP contribution in [0.1, 0.15) is 0 Å². The van der Waals surface area contributed by atoms with Gasteiger partial charge in [-0.3, -0.25) is 4.98 Å². The van der Waals surface area contributed by atoms with Crippen LogP contribution in [-0.4, -0.2) is 10.1 Å². The molecular formula is C21H14ClNO. The van der Waals surface area contributed by atoms with Gasteiger partial charge >= 0.3 is 0 Å². The fourth-order valence-corrected chi connectivity index (χ4v) is 3.17. The van der Waals surface area contributed by atoms with Gasteiger partial charge in [0.1, 0.15) is 5.75 Å². The number of nitrogens with zero attached hydrogens (tertiary/aromatic N) is 1. The maximum atomic E-state index is 10.4. The zero-order chi connectivity index (χ0) is 16.5. The summed E-state index contributed by atoms with van der Waals surface area (Å²) >= 11 is 6.11. The second kappa shape index (κ2) is 5.99. The van der Waals surface area contributed by atoms with Crippen molar-refractivity contribution < 1.29 is 5.11 Å². The van der Waals surface area contributed by atoms with Crippen molar-refractivity contribution >= 4 is 22.5 Å². The predicted octanol–water partition coefficient (Wildman–Crippen LogP) is 5.93. The molecule has 1 N–H and O–H groups in total. The van der Waals surface area contributed by atoms with Crippen LogP contribution in [0.3, 0.4) is 0 Å². The van der Waals surface area contributed by atoms with Crippen LogP contribution in [0.5, 0.6) is 5.75 Å². The number of phenolic OH excluding ortho intramolecular Hbond substituents is 1. The van der Waals surface area contributed by atoms with Gasteiger partial charge in [-0.15, -0.1) is 0 Å². The fourth-order valence-electron chi connectivity index (χ4n) is 2.99. The monoisotopic (exact) mass is 331 g/mol. The lowest BCUT2D eigenvalue weighted by Crippen LogP contribution is -1.91. The summed E-state index contributed by atoms with van der Waals surface area (Å²) < 4.78 is 0. The lowest BCUT2D eigenvalue weighted by Gasteiger charge is -2.14. The lowest BCUT2D eigenvalue weighted by atomic mass is 9.92. The van der Waals surface area contributed by atoms with Gasteiger partial charge in [0.25, 0.3) is 0 Å². The molecule has 0 spiro atoms. The topological polar surface area (TPSA) is 33.1 Å². The Balaban J connectivity index is 2.11. The molecule has 0 atom stereocenters. The van der Waals surface area contributed by atoms with E-state index in [4.69, 9.17) is 11.6 Å². The van der Waals surface area contributed by atoms with Gasteiger partial charge in [-0.25, -0.2) is 0 Å². The summed E-state index contributed by atoms with van der Waals surface area (Å²) in [6, 6.07) is 23.5. The van der Waals surface area contributed by atoms with Crippen LogP contribution in [0, 0.1) is 0 Å². The summed E-state index contributed by atoms with van der Waals surface area (Å²) in [5, 5.41) is 11.8. The van der Waals surface area contributed by atoms with Crippen molar-refractivity contribution in [2.75, 3.05) is 0 Å². The Bertz CT molecular complexity index is 1030. The summed E-state index contributed by atoms with van der Waals surface area (Å²) in [6.07, 6.45) is 1.80. The largest absolute Gasteiger partial charge is 0.506 e. The molecule has 4 rings (SSSR count). The van der Waals surface area contributed by atoms with E-state index < -0.39 is 0 Å². The van der Waals surface area contributed by atoms with E-state index in [-0.39, 0.29) is 5.75 Å². The average molecular weight is 332 g/mol. The Labute approximate surface area is 145 Å². The van der Waals surface area contributed by atoms with Crippen molar-refractivity contribution in [2.45, 2.75) is 0 Å². The fraction of sp³-hybridized carbons (Fsp3) is 0. The first-order valence-electron chi connectivity index (χ1n) is 7.67. The van der Waals surface area contributed by atoms with Gasteiger partial charge in [-0.05, 0) is 17.7 Å². The summed E-state index contributed by atoms with van der Waals surface area (Å²) in [6.45, 7) is 0. The number of hydrogen-bond donors (Lipinski definition) is 1. The highest BCUT2D eigenvalue weighted by atomic mass is 35.5. The van der Waals surface area contributed by atoms with Gasteiger partial charge in [0.15, 0.2) is 0 Å². The minimum absolute atomic E-state index is 0.0772. The van der Waals surface area contributed by atoms with Gasteiger partial charge in [-0.2, -0.15) is 0 Å². The number of fused-ring (bicyclic) bond motifs is 1. The van der Waals surface area contributed by atoms with E-state index in [1.165, 1.54) is 0 Å². The van der Waals surface area contributed by atoms with Crippen LogP contribution in [0.4, 0.5) is 0 Å². The third kappa shape index (κ3) is 2.41. The zero-order valence-electron chi connectivity index (χ0n) is 12.8. The van der Waals surface area contributed by atoms with Crippen molar-refractivity contribution in [3.05, 3.63) is 84.0 Å². The minimum Gasteiger partial charge on any atom is -0.506 e. The maximum absolute atomic E-state index is 10.4. The Morgan fingerprint density at radius 1 is 0.750 bits per heavy atom. The molecule has 3 aromatic carbocycles. The molecule has 0 unspecified atom stereocenters. The molecule has 0 fully saturated rings. The molecule has 0 saturated heterocycles. The first-order valence-corrected chi connectivity index (χ1v) is 8.04. The highest BCUT2D eigenvalue weighted by Gasteiger charge is 2.16. The number of para-hydroxylation sites is 2. The third-order valence-electron chi connectivity index (χ3n) is 4.11. The number of hydrogen-bond acceptors (Lipinski definition) is 2. The minimum atomic E-state index is 0.0772. The second-order valence-electron chi connectivity index (χ2n) is 5.57. The van der Waals surface area contributed by atoms with E-state index in [2.05, 4.69) is 23.2 Å². The number of aromatic nitrogens is 1. The van der Waals surface area contributed by atoms with Crippen molar-refractivity contribution in [3.63, 3.8) is 0 Å². The summed E-state index contributed by atoms with van der Waals surface area (Å²) in [7, 11) is 0. The van der Waals surface area contributed by atoms with Crippen molar-refractivity contribution in [1.82, 2.24) is 4.98 Å². The van der Waals surface area contributed by atoms with Gasteiger partial charge in [0.05, 0.1) is 10.5 Å². The van der Waals surface area contributed by atoms with Crippen LogP contribution >= 0.6 is 11.6 Å². The average Bonchev–Trinajstić information content (AvgIpc) is 2.64. The number of aromatic hydroxyl groups is 1. The molecule has 0 bridgehead atoms. The smallest absolute Gasteiger partial charge is 0.142 e. The van der Waals surface area contributed by atoms with E-state index in [9.17, 15) is 5.11 Å². The molecule has 0 aliphatic carbocycles. The van der Waals surface area contributed by atoms with E-state index in [0.29, 0.717) is 10.6 Å². The van der Waals surface area contributed by atoms with Gasteiger partial charge < -0.3 is 5.11 Å². The van der Waals surface area contributed by atoms with Crippen molar-refractivity contribution in [2.24, 2.45) is 0 Å². The molecule has 1 heterocycles. The summed E-state index contributed by atoms with van der Waals surface area (Å²) in [5.74, 6) is 0.0772. The van der Waals surface area contributed by atoms with Crippen LogP contribution < -0.4 is 0 Å². The van der Waals surface area contributed by atoms with Gasteiger partial charge in [0, 0.05) is 28.3 Å². The first kappa shape index (κ1) is 14.7. The van der Waals surface area contributed by atoms with Crippen LogP contribution in [0.2, 0.25) is 5.02 Å². The molecule has 116 valence electrons. The Kier molecular flexibility index (Phi) is 3.68. The molecular weight excluding hydrogens is 318 g/mol. The summed E-state index contributed by atoms with van der Waals surface area (Å²) in [5.41, 5.74) is 4.57. The Morgan fingerprint density at radius 3 is 2.33 bits per heavy atom. The highest BCUT2D eigenvalue weighted by Crippen LogP contribution is 2.42. The maximum Gasteiger partial charge on any atom is 0.142 e. The molecule has 0 saturated carbocycles. The van der Waals surface area contributed by atoms with Gasteiger partial charge in [0.2, 0.25) is 0 Å². The molecule has 0 aliphatic rings. The zero-order valence-corrected chi connectivity index (χ0v) is 13.5. The van der Waals surface area contributed by atoms with E-state index in [1.54, 1.807) is 12.3 Å². The number of benzene rings is 3. The van der Waals surface area contributed by atoms with E-state index in [0.717, 1.165) is 27.6 Å². The normalized spacial score (nSPS) is 10.9. The Hall–Kier alpha value is -2.84. The SMILES string of the molecule is Oc1c(Cl)cccc1-c1cnc2ccccc2c1-c1ccccc1. The Morgan fingerprint density at radius 2 is 1.50 bits per heavy atom. The van der Waals surface area contributed by atoms with E-state index in [1.807, 2.05) is 48.5 Å². The van der Waals surface area contributed by atoms with Crippen molar-refractivity contribution in [3.8, 4) is 28.0 Å². The molecule has 4 aromatic rings. The van der Waals surface area contributed by atoms with Crippen LogP contribution in [0.25, 0.3) is 33.2 Å². The molecule has 2 nitrogen and oxygen atoms in total. The lowest BCUT2D eigenvalue weighted by molar-refractivity contribution is 0.477. The molecule has 24 heavy (non-hydrogen) atoms. The second-order valence-corrected chi connectivity index (χ2v) is 5.97. The summed E-state index contributed by atoms with van der Waals surface area (Å²) in [4.78, 5) is 4.56. The number of halogens is 1. The quantitative estimate of drug-likeness (QED) is 0.494. The predicted molar refractivity (Wildman–Crippen MR) is 99.3 cm³/mol. The molecule has 3 heteroatoms. The first-order chi connectivity index (χ1) is 11.8. The van der Waals surface area contributed by atoms with E-state index >= 15 is 0 Å². The number of pyridine rings is 1. The standard InChI is InChI=1S/C21H14ClNO/c22-18-11-6-10-15(21(18)24)17-13-23-19-12-5-4-9-16(19)20(17)14-7-2-1-3-8-14/h1-13,24H. The molecule has 0 radical (unpaired) electrons.